The number of amides is 1. The lowest BCUT2D eigenvalue weighted by molar-refractivity contribution is -0.154. The van der Waals surface area contributed by atoms with Crippen LogP contribution in [0.4, 0.5) is 24.8 Å². The van der Waals surface area contributed by atoms with Gasteiger partial charge in [-0.3, -0.25) is 9.48 Å². The first-order valence-corrected chi connectivity index (χ1v) is 11.3. The number of pyridine rings is 1. The van der Waals surface area contributed by atoms with Crippen molar-refractivity contribution in [1.29, 1.82) is 0 Å². The van der Waals surface area contributed by atoms with Gasteiger partial charge in [0.2, 0.25) is 11.5 Å². The molecule has 5 heterocycles. The van der Waals surface area contributed by atoms with Gasteiger partial charge in [0.1, 0.15) is 11.4 Å². The molecule has 4 aromatic heterocycles. The Morgan fingerprint density at radius 3 is 2.61 bits per heavy atom. The third-order valence-electron chi connectivity index (χ3n) is 5.77. The summed E-state index contributed by atoms with van der Waals surface area (Å²) < 4.78 is 49.1. The standard InChI is InChI=1S/C23H21F3N8O4/c1-33-9-7-22(36,20(33)35)18-10-16(32-38-18)14-5-3-4-13(28-14)15-6-8-27-21(29-15)30-17-11-34(2)31-19(17)37-12-23(24,25)26/h3-6,8,10-11,36H,7,9,12H2,1-2H3,(H,27,29,30)/t22-/m1/s1. The van der Waals surface area contributed by atoms with Gasteiger partial charge in [-0.15, -0.1) is 5.10 Å². The molecule has 1 amide bonds. The first-order valence-electron chi connectivity index (χ1n) is 11.3. The normalized spacial score (nSPS) is 17.7. The van der Waals surface area contributed by atoms with Crippen molar-refractivity contribution >= 4 is 17.5 Å². The molecular formula is C23H21F3N8O4. The molecule has 1 aliphatic rings. The van der Waals surface area contributed by atoms with Crippen LogP contribution in [0.25, 0.3) is 22.8 Å². The van der Waals surface area contributed by atoms with Crippen molar-refractivity contribution in [2.45, 2.75) is 18.2 Å². The lowest BCUT2D eigenvalue weighted by Crippen LogP contribution is -2.35. The van der Waals surface area contributed by atoms with Crippen LogP contribution in [0, 0.1) is 0 Å². The number of halogens is 3. The van der Waals surface area contributed by atoms with Gasteiger partial charge in [0.15, 0.2) is 12.4 Å². The van der Waals surface area contributed by atoms with Gasteiger partial charge < -0.3 is 24.6 Å². The van der Waals surface area contributed by atoms with Gasteiger partial charge >= 0.3 is 6.18 Å². The Morgan fingerprint density at radius 1 is 1.16 bits per heavy atom. The fourth-order valence-corrected chi connectivity index (χ4v) is 3.89. The van der Waals surface area contributed by atoms with E-state index in [1.807, 2.05) is 0 Å². The van der Waals surface area contributed by atoms with Crippen molar-refractivity contribution < 1.29 is 32.3 Å². The van der Waals surface area contributed by atoms with Gasteiger partial charge in [-0.1, -0.05) is 11.2 Å². The van der Waals surface area contributed by atoms with Crippen LogP contribution in [-0.2, 0) is 17.4 Å². The molecule has 0 aromatic carbocycles. The number of ether oxygens (including phenoxy) is 1. The highest BCUT2D eigenvalue weighted by Gasteiger charge is 2.48. The van der Waals surface area contributed by atoms with Crippen LogP contribution in [-0.4, -0.2) is 72.2 Å². The van der Waals surface area contributed by atoms with Gasteiger partial charge in [-0.25, -0.2) is 15.0 Å². The first-order chi connectivity index (χ1) is 18.0. The summed E-state index contributed by atoms with van der Waals surface area (Å²) in [5.74, 6) is -0.616. The number of nitrogens with one attached hydrogen (secondary N) is 1. The number of rotatable bonds is 7. The van der Waals surface area contributed by atoms with Gasteiger partial charge in [0.25, 0.3) is 11.8 Å². The van der Waals surface area contributed by atoms with E-state index in [4.69, 9.17) is 9.26 Å². The number of alkyl halides is 3. The number of likely N-dealkylation sites (tertiary alicyclic amines) is 1. The third kappa shape index (κ3) is 5.00. The molecule has 12 nitrogen and oxygen atoms in total. The lowest BCUT2D eigenvalue weighted by atomic mass is 9.98. The Hall–Kier alpha value is -4.53. The van der Waals surface area contributed by atoms with Crippen molar-refractivity contribution in [3.63, 3.8) is 0 Å². The Bertz CT molecular complexity index is 1490. The monoisotopic (exact) mass is 530 g/mol. The Labute approximate surface area is 213 Å². The maximum Gasteiger partial charge on any atom is 0.422 e. The number of hydrogen-bond donors (Lipinski definition) is 2. The zero-order valence-corrected chi connectivity index (χ0v) is 20.1. The van der Waals surface area contributed by atoms with E-state index >= 15 is 0 Å². The smallest absolute Gasteiger partial charge is 0.422 e. The third-order valence-corrected chi connectivity index (χ3v) is 5.77. The maximum atomic E-state index is 12.6. The average Bonchev–Trinajstić information content (AvgIpc) is 3.58. The van der Waals surface area contributed by atoms with Crippen LogP contribution in [0.15, 0.2) is 47.2 Å². The van der Waals surface area contributed by atoms with Crippen LogP contribution in [0.3, 0.4) is 0 Å². The summed E-state index contributed by atoms with van der Waals surface area (Å²) in [6, 6.07) is 8.17. The van der Waals surface area contributed by atoms with E-state index in [1.165, 1.54) is 35.1 Å². The Kier molecular flexibility index (Phi) is 6.22. The zero-order chi connectivity index (χ0) is 27.1. The van der Waals surface area contributed by atoms with Crippen LogP contribution < -0.4 is 10.1 Å². The molecule has 0 unspecified atom stereocenters. The molecule has 5 rings (SSSR count). The molecule has 1 saturated heterocycles. The van der Waals surface area contributed by atoms with Crippen molar-refractivity contribution in [1.82, 2.24) is 34.8 Å². The van der Waals surface area contributed by atoms with Crippen LogP contribution in [0.1, 0.15) is 12.2 Å². The molecule has 4 aromatic rings. The van der Waals surface area contributed by atoms with Crippen LogP contribution >= 0.6 is 0 Å². The second kappa shape index (κ2) is 9.41. The largest absolute Gasteiger partial charge is 0.465 e. The van der Waals surface area contributed by atoms with Gasteiger partial charge in [-0.05, 0) is 18.2 Å². The number of likely N-dealkylation sites (N-methyl/N-ethyl adjacent to an activating group) is 1. The molecule has 2 N–H and O–H groups in total. The van der Waals surface area contributed by atoms with E-state index in [0.717, 1.165) is 0 Å². The molecule has 1 fully saturated rings. The number of anilines is 2. The second-order valence-corrected chi connectivity index (χ2v) is 8.64. The number of carbonyl (C=O) groups excluding carboxylic acids is 1. The van der Waals surface area contributed by atoms with Crippen molar-refractivity contribution in [2.24, 2.45) is 7.05 Å². The quantitative estimate of drug-likeness (QED) is 0.366. The van der Waals surface area contributed by atoms with Crippen LogP contribution in [0.5, 0.6) is 5.88 Å². The lowest BCUT2D eigenvalue weighted by Gasteiger charge is -2.16. The van der Waals surface area contributed by atoms with Crippen molar-refractivity contribution in [2.75, 3.05) is 25.5 Å². The molecule has 0 saturated carbocycles. The van der Waals surface area contributed by atoms with E-state index in [1.54, 1.807) is 31.3 Å². The molecule has 1 atom stereocenters. The molecule has 38 heavy (non-hydrogen) atoms. The topological polar surface area (TPSA) is 144 Å². The minimum Gasteiger partial charge on any atom is -0.465 e. The fraction of sp³-hybridized carbons (Fsp3) is 0.304. The molecule has 0 aliphatic carbocycles. The minimum atomic E-state index is -4.52. The number of hydrogen-bond acceptors (Lipinski definition) is 10. The van der Waals surface area contributed by atoms with E-state index in [9.17, 15) is 23.1 Å². The van der Waals surface area contributed by atoms with Crippen molar-refractivity contribution in [3.8, 4) is 28.7 Å². The van der Waals surface area contributed by atoms with Crippen molar-refractivity contribution in [3.05, 3.63) is 48.5 Å². The van der Waals surface area contributed by atoms with Gasteiger partial charge in [0.05, 0.1) is 23.3 Å². The van der Waals surface area contributed by atoms with E-state index in [-0.39, 0.29) is 29.7 Å². The SMILES string of the molecule is CN1CC[C@@](O)(c2cc(-c3cccc(-c4ccnc(Nc5cn(C)nc5OCC(F)(F)F)n4)n3)no2)C1=O. The summed E-state index contributed by atoms with van der Waals surface area (Å²) in [6.07, 6.45) is -1.45. The molecule has 15 heteroatoms. The summed E-state index contributed by atoms with van der Waals surface area (Å²) >= 11 is 0. The highest BCUT2D eigenvalue weighted by molar-refractivity contribution is 5.87. The fourth-order valence-electron chi connectivity index (χ4n) is 3.89. The molecule has 0 spiro atoms. The van der Waals surface area contributed by atoms with E-state index in [0.29, 0.717) is 29.3 Å². The number of carbonyl (C=O) groups is 1. The summed E-state index contributed by atoms with van der Waals surface area (Å²) in [6.45, 7) is -1.11. The highest BCUT2D eigenvalue weighted by atomic mass is 19.4. The minimum absolute atomic E-state index is 0.0302. The molecule has 1 aliphatic heterocycles. The maximum absolute atomic E-state index is 12.6. The summed E-state index contributed by atoms with van der Waals surface area (Å²) in [5, 5.41) is 21.5. The molecule has 0 bridgehead atoms. The number of nitrogens with zero attached hydrogens (tertiary/aromatic N) is 7. The average molecular weight is 530 g/mol. The van der Waals surface area contributed by atoms with E-state index < -0.39 is 24.3 Å². The zero-order valence-electron chi connectivity index (χ0n) is 20.1. The number of aryl methyl sites for hydroxylation is 1. The molecule has 0 radical (unpaired) electrons. The molecular weight excluding hydrogens is 509 g/mol. The van der Waals surface area contributed by atoms with E-state index in [2.05, 4.69) is 30.5 Å². The number of aromatic nitrogens is 6. The van der Waals surface area contributed by atoms with Crippen LogP contribution in [0.2, 0.25) is 0 Å². The predicted molar refractivity (Wildman–Crippen MR) is 125 cm³/mol. The summed E-state index contributed by atoms with van der Waals surface area (Å²) in [4.78, 5) is 26.8. The highest BCUT2D eigenvalue weighted by Crippen LogP contribution is 2.35. The predicted octanol–water partition coefficient (Wildman–Crippen LogP) is 2.66. The number of aliphatic hydroxyl groups is 1. The summed E-state index contributed by atoms with van der Waals surface area (Å²) in [5.41, 5.74) is -0.0703. The molecule has 198 valence electrons. The van der Waals surface area contributed by atoms with Gasteiger partial charge in [-0.2, -0.15) is 13.2 Å². The van der Waals surface area contributed by atoms with Gasteiger partial charge in [0, 0.05) is 39.3 Å². The Morgan fingerprint density at radius 2 is 1.89 bits per heavy atom. The Balaban J connectivity index is 1.37. The second-order valence-electron chi connectivity index (χ2n) is 8.64. The summed E-state index contributed by atoms with van der Waals surface area (Å²) in [7, 11) is 3.13. The first kappa shape index (κ1) is 25.1.